The highest BCUT2D eigenvalue weighted by Crippen LogP contribution is 2.19. The molecule has 0 radical (unpaired) electrons. The van der Waals surface area contributed by atoms with Gasteiger partial charge in [-0.1, -0.05) is 6.92 Å². The van der Waals surface area contributed by atoms with Gasteiger partial charge in [-0.15, -0.1) is 0 Å². The van der Waals surface area contributed by atoms with Crippen molar-refractivity contribution in [2.24, 2.45) is 5.92 Å². The van der Waals surface area contributed by atoms with Gasteiger partial charge in [-0.3, -0.25) is 0 Å². The van der Waals surface area contributed by atoms with Crippen LogP contribution in [-0.4, -0.2) is 46.7 Å². The van der Waals surface area contributed by atoms with Gasteiger partial charge in [0.1, 0.15) is 5.82 Å². The van der Waals surface area contributed by atoms with E-state index in [1.165, 1.54) is 32.4 Å². The summed E-state index contributed by atoms with van der Waals surface area (Å²) in [5.41, 5.74) is 0. The predicted molar refractivity (Wildman–Crippen MR) is 83.9 cm³/mol. The molecule has 2 rings (SSSR count). The number of piperidine rings is 1. The number of aromatic nitrogens is 2. The number of rotatable bonds is 7. The van der Waals surface area contributed by atoms with Gasteiger partial charge < -0.3 is 14.8 Å². The van der Waals surface area contributed by atoms with Gasteiger partial charge in [0.25, 0.3) is 0 Å². The first-order chi connectivity index (χ1) is 9.70. The van der Waals surface area contributed by atoms with Gasteiger partial charge in [0, 0.05) is 38.1 Å². The fourth-order valence-electron chi connectivity index (χ4n) is 3.13. The molecule has 1 fully saturated rings. The molecule has 0 bridgehead atoms. The molecule has 0 saturated carbocycles. The molecular weight excluding hydrogens is 248 g/mol. The van der Waals surface area contributed by atoms with E-state index in [-0.39, 0.29) is 0 Å². The normalized spacial score (nSPS) is 22.1. The van der Waals surface area contributed by atoms with E-state index in [0.29, 0.717) is 6.04 Å². The van der Waals surface area contributed by atoms with Crippen LogP contribution in [0.25, 0.3) is 0 Å². The molecule has 0 aromatic carbocycles. The molecule has 1 aromatic heterocycles. The van der Waals surface area contributed by atoms with Crippen LogP contribution in [0.2, 0.25) is 0 Å². The Hall–Kier alpha value is -0.870. The molecule has 2 heterocycles. The molecule has 1 saturated heterocycles. The van der Waals surface area contributed by atoms with Crippen LogP contribution in [0.1, 0.15) is 38.9 Å². The number of aryl methyl sites for hydroxylation is 1. The first kappa shape index (κ1) is 15.5. The molecule has 2 atom stereocenters. The number of nitrogens with one attached hydrogen (secondary N) is 1. The lowest BCUT2D eigenvalue weighted by Crippen LogP contribution is -2.45. The van der Waals surface area contributed by atoms with E-state index in [0.717, 1.165) is 31.4 Å². The van der Waals surface area contributed by atoms with Crippen molar-refractivity contribution in [1.82, 2.24) is 19.8 Å². The van der Waals surface area contributed by atoms with Crippen LogP contribution >= 0.6 is 0 Å². The molecule has 1 aliphatic heterocycles. The lowest BCUT2D eigenvalue weighted by Gasteiger charge is -2.36. The minimum atomic E-state index is 0.646. The Balaban J connectivity index is 1.77. The van der Waals surface area contributed by atoms with Crippen molar-refractivity contribution in [2.45, 2.75) is 52.6 Å². The minimum absolute atomic E-state index is 0.646. The monoisotopic (exact) mass is 278 g/mol. The molecule has 1 N–H and O–H groups in total. The Bertz CT molecular complexity index is 388. The average Bonchev–Trinajstić information content (AvgIpc) is 2.88. The van der Waals surface area contributed by atoms with E-state index in [9.17, 15) is 0 Å². The summed E-state index contributed by atoms with van der Waals surface area (Å²) in [5.74, 6) is 1.93. The summed E-state index contributed by atoms with van der Waals surface area (Å²) < 4.78 is 2.25. The van der Waals surface area contributed by atoms with Gasteiger partial charge >= 0.3 is 0 Å². The quantitative estimate of drug-likeness (QED) is 0.831. The van der Waals surface area contributed by atoms with Gasteiger partial charge in [0.2, 0.25) is 0 Å². The summed E-state index contributed by atoms with van der Waals surface area (Å²) >= 11 is 0. The summed E-state index contributed by atoms with van der Waals surface area (Å²) in [6.07, 6.45) is 7.91. The number of hydrogen-bond donors (Lipinski definition) is 1. The third kappa shape index (κ3) is 4.32. The van der Waals surface area contributed by atoms with E-state index in [4.69, 9.17) is 0 Å². The van der Waals surface area contributed by atoms with Crippen molar-refractivity contribution >= 4 is 0 Å². The largest absolute Gasteiger partial charge is 0.334 e. The van der Waals surface area contributed by atoms with Gasteiger partial charge in [0.15, 0.2) is 0 Å². The maximum Gasteiger partial charge on any atom is 0.105 e. The van der Waals surface area contributed by atoms with Crippen molar-refractivity contribution in [3.05, 3.63) is 18.2 Å². The van der Waals surface area contributed by atoms with E-state index in [1.807, 2.05) is 6.20 Å². The van der Waals surface area contributed by atoms with Crippen LogP contribution in [0, 0.1) is 12.8 Å². The van der Waals surface area contributed by atoms with Gasteiger partial charge in [-0.2, -0.15) is 0 Å². The molecule has 1 aromatic rings. The highest BCUT2D eigenvalue weighted by atomic mass is 15.2. The third-order valence-corrected chi connectivity index (χ3v) is 4.55. The summed E-state index contributed by atoms with van der Waals surface area (Å²) in [5, 5.41) is 3.66. The SMILES string of the molecule is CCCNC(C)C1CCCN(CCn2ccnc2C)C1. The van der Waals surface area contributed by atoms with Gasteiger partial charge in [0.05, 0.1) is 0 Å². The Morgan fingerprint density at radius 1 is 1.45 bits per heavy atom. The smallest absolute Gasteiger partial charge is 0.105 e. The third-order valence-electron chi connectivity index (χ3n) is 4.55. The zero-order valence-corrected chi connectivity index (χ0v) is 13.3. The van der Waals surface area contributed by atoms with Crippen LogP contribution in [0.4, 0.5) is 0 Å². The Kier molecular flexibility index (Phi) is 6.05. The van der Waals surface area contributed by atoms with Crippen LogP contribution in [-0.2, 0) is 6.54 Å². The first-order valence-corrected chi connectivity index (χ1v) is 8.14. The van der Waals surface area contributed by atoms with Crippen molar-refractivity contribution in [1.29, 1.82) is 0 Å². The van der Waals surface area contributed by atoms with Crippen LogP contribution in [0.15, 0.2) is 12.4 Å². The minimum Gasteiger partial charge on any atom is -0.334 e. The fraction of sp³-hybridized carbons (Fsp3) is 0.812. The molecule has 20 heavy (non-hydrogen) atoms. The Morgan fingerprint density at radius 3 is 3.00 bits per heavy atom. The summed E-state index contributed by atoms with van der Waals surface area (Å²) in [7, 11) is 0. The molecule has 0 aliphatic carbocycles. The Morgan fingerprint density at radius 2 is 2.30 bits per heavy atom. The highest BCUT2D eigenvalue weighted by Gasteiger charge is 2.23. The second kappa shape index (κ2) is 7.79. The number of hydrogen-bond acceptors (Lipinski definition) is 3. The average molecular weight is 278 g/mol. The standard InChI is InChI=1S/C16H30N4/c1-4-7-17-14(2)16-6-5-9-19(13-16)11-12-20-10-8-18-15(20)3/h8,10,14,16-17H,4-7,9,11-13H2,1-3H3. The van der Waals surface area contributed by atoms with E-state index in [1.54, 1.807) is 0 Å². The first-order valence-electron chi connectivity index (χ1n) is 8.14. The van der Waals surface area contributed by atoms with Gasteiger partial charge in [-0.05, 0) is 52.1 Å². The lowest BCUT2D eigenvalue weighted by molar-refractivity contribution is 0.146. The molecule has 1 aliphatic rings. The molecule has 0 spiro atoms. The van der Waals surface area contributed by atoms with Crippen molar-refractivity contribution < 1.29 is 0 Å². The summed E-state index contributed by atoms with van der Waals surface area (Å²) in [4.78, 5) is 6.91. The zero-order valence-electron chi connectivity index (χ0n) is 13.3. The van der Waals surface area contributed by atoms with E-state index >= 15 is 0 Å². The van der Waals surface area contributed by atoms with Crippen molar-refractivity contribution in [3.8, 4) is 0 Å². The molecule has 2 unspecified atom stereocenters. The van der Waals surface area contributed by atoms with Crippen LogP contribution < -0.4 is 5.32 Å². The zero-order chi connectivity index (χ0) is 14.4. The Labute approximate surface area is 123 Å². The van der Waals surface area contributed by atoms with Crippen molar-refractivity contribution in [3.63, 3.8) is 0 Å². The summed E-state index contributed by atoms with van der Waals surface area (Å²) in [6.45, 7) is 12.5. The number of likely N-dealkylation sites (tertiary alicyclic amines) is 1. The molecule has 4 nitrogen and oxygen atoms in total. The van der Waals surface area contributed by atoms with Crippen molar-refractivity contribution in [2.75, 3.05) is 26.2 Å². The number of imidazole rings is 1. The summed E-state index contributed by atoms with van der Waals surface area (Å²) in [6, 6.07) is 0.646. The molecule has 0 amide bonds. The predicted octanol–water partition coefficient (Wildman–Crippen LogP) is 2.29. The van der Waals surface area contributed by atoms with Crippen LogP contribution in [0.5, 0.6) is 0 Å². The maximum atomic E-state index is 4.29. The topological polar surface area (TPSA) is 33.1 Å². The fourth-order valence-corrected chi connectivity index (χ4v) is 3.13. The second-order valence-corrected chi connectivity index (χ2v) is 6.11. The molecular formula is C16H30N4. The maximum absolute atomic E-state index is 4.29. The highest BCUT2D eigenvalue weighted by molar-refractivity contribution is 4.89. The van der Waals surface area contributed by atoms with Gasteiger partial charge in [-0.25, -0.2) is 4.98 Å². The van der Waals surface area contributed by atoms with E-state index < -0.39 is 0 Å². The molecule has 114 valence electrons. The molecule has 4 heteroatoms. The van der Waals surface area contributed by atoms with E-state index in [2.05, 4.69) is 46.7 Å². The van der Waals surface area contributed by atoms with Crippen LogP contribution in [0.3, 0.4) is 0 Å². The number of nitrogens with zero attached hydrogens (tertiary/aromatic N) is 3. The second-order valence-electron chi connectivity index (χ2n) is 6.11. The lowest BCUT2D eigenvalue weighted by atomic mass is 9.91.